The van der Waals surface area contributed by atoms with Crippen molar-refractivity contribution in [1.82, 2.24) is 0 Å². The summed E-state index contributed by atoms with van der Waals surface area (Å²) in [7, 11) is -6.56. The summed E-state index contributed by atoms with van der Waals surface area (Å²) < 4.78 is 28.5. The van der Waals surface area contributed by atoms with Gasteiger partial charge in [0.2, 0.25) is 7.37 Å². The summed E-state index contributed by atoms with van der Waals surface area (Å²) in [5.74, 6) is 1.92. The Morgan fingerprint density at radius 1 is 0.632 bits per heavy atom. The predicted molar refractivity (Wildman–Crippen MR) is 169 cm³/mol. The maximum Gasteiger partial charge on any atom is 0.333 e. The average molecular weight is 583 g/mol. The van der Waals surface area contributed by atoms with E-state index in [4.69, 9.17) is 4.52 Å². The highest BCUT2D eigenvalue weighted by Crippen LogP contribution is 2.63. The van der Waals surface area contributed by atoms with Gasteiger partial charge in [-0.1, -0.05) is 102 Å². The van der Waals surface area contributed by atoms with Crippen molar-refractivity contribution < 1.29 is 23.4 Å². The molecule has 3 unspecified atom stereocenters. The first-order chi connectivity index (χ1) is 16.2. The third kappa shape index (κ3) is 14.8. The molecule has 232 valence electrons. The lowest BCUT2D eigenvalue weighted by molar-refractivity contribution is 0.0772. The number of hydrogen-bond donors (Lipinski definition) is 2. The largest absolute Gasteiger partial charge is 0.344 e. The van der Waals surface area contributed by atoms with Crippen LogP contribution < -0.4 is 0 Å². The van der Waals surface area contributed by atoms with Gasteiger partial charge in [0.1, 0.15) is 0 Å². The minimum absolute atomic E-state index is 0.505. The Hall–Kier alpha value is 0.340. The van der Waals surface area contributed by atoms with Crippen LogP contribution in [0.2, 0.25) is 0 Å². The maximum absolute atomic E-state index is 11.8. The minimum atomic E-state index is -3.50. The van der Waals surface area contributed by atoms with E-state index in [-0.39, 0.29) is 0 Å². The van der Waals surface area contributed by atoms with Crippen LogP contribution in [-0.4, -0.2) is 30.9 Å². The smallest absolute Gasteiger partial charge is 0.333 e. The van der Waals surface area contributed by atoms with E-state index in [1.807, 2.05) is 0 Å². The van der Waals surface area contributed by atoms with Crippen molar-refractivity contribution in [3.63, 3.8) is 0 Å². The predicted octanol–water partition coefficient (Wildman–Crippen LogP) is 10.9. The molecular weight excluding hydrogens is 514 g/mol. The third-order valence-electron chi connectivity index (χ3n) is 6.96. The fourth-order valence-electron chi connectivity index (χ4n) is 4.89. The lowest BCUT2D eigenvalue weighted by Gasteiger charge is -2.43. The fourth-order valence-corrected chi connectivity index (χ4v) is 7.92. The summed E-state index contributed by atoms with van der Waals surface area (Å²) in [5, 5.41) is -1.73. The van der Waals surface area contributed by atoms with Gasteiger partial charge in [-0.05, 0) is 77.0 Å². The number of hydrogen-bond acceptors (Lipinski definition) is 3. The zero-order valence-corrected chi connectivity index (χ0v) is 30.5. The highest BCUT2D eigenvalue weighted by molar-refractivity contribution is 7.61. The van der Waals surface area contributed by atoms with Gasteiger partial charge in [-0.25, -0.2) is 0 Å². The molecule has 1 aliphatic carbocycles. The van der Waals surface area contributed by atoms with Crippen LogP contribution in [0.3, 0.4) is 0 Å². The molecule has 0 heterocycles. The van der Waals surface area contributed by atoms with Crippen molar-refractivity contribution in [2.24, 2.45) is 22.7 Å². The Bertz CT molecular complexity index is 773. The van der Waals surface area contributed by atoms with Crippen LogP contribution in [0, 0.1) is 22.7 Å². The van der Waals surface area contributed by atoms with Crippen molar-refractivity contribution in [3.8, 4) is 0 Å². The van der Waals surface area contributed by atoms with Gasteiger partial charge in [0.15, 0.2) is 0 Å². The molecule has 1 saturated carbocycles. The molecule has 0 aliphatic heterocycles. The van der Waals surface area contributed by atoms with E-state index < -0.39 is 36.0 Å². The molecule has 38 heavy (non-hydrogen) atoms. The summed E-state index contributed by atoms with van der Waals surface area (Å²) in [6, 6.07) is 0. The van der Waals surface area contributed by atoms with Crippen LogP contribution in [0.5, 0.6) is 0 Å². The van der Waals surface area contributed by atoms with Gasteiger partial charge in [-0.3, -0.25) is 9.13 Å². The quantitative estimate of drug-likeness (QED) is 0.316. The molecule has 3 atom stereocenters. The second-order valence-electron chi connectivity index (χ2n) is 17.6. The normalized spacial score (nSPS) is 21.9. The van der Waals surface area contributed by atoms with E-state index in [0.29, 0.717) is 10.8 Å². The van der Waals surface area contributed by atoms with Gasteiger partial charge < -0.3 is 14.3 Å². The Kier molecular flexibility index (Phi) is 14.4. The monoisotopic (exact) mass is 582 g/mol. The molecule has 0 bridgehead atoms. The molecule has 1 fully saturated rings. The Morgan fingerprint density at radius 2 is 1.00 bits per heavy atom. The van der Waals surface area contributed by atoms with E-state index >= 15 is 0 Å². The summed E-state index contributed by atoms with van der Waals surface area (Å²) in [6.07, 6.45) is 7.27. The molecule has 0 amide bonds. The van der Waals surface area contributed by atoms with Gasteiger partial charge >= 0.3 is 7.60 Å². The molecule has 0 aromatic rings. The molecular formula is C31H68O5P2. The summed E-state index contributed by atoms with van der Waals surface area (Å²) in [6.45, 7) is 35.7. The fraction of sp³-hybridized carbons (Fsp3) is 1.00. The van der Waals surface area contributed by atoms with Crippen LogP contribution in [0.4, 0.5) is 0 Å². The second kappa shape index (κ2) is 13.5. The second-order valence-corrected chi connectivity index (χ2v) is 24.0. The van der Waals surface area contributed by atoms with Crippen molar-refractivity contribution in [3.05, 3.63) is 0 Å². The highest BCUT2D eigenvalue weighted by Gasteiger charge is 2.44. The molecule has 0 aromatic heterocycles. The van der Waals surface area contributed by atoms with Crippen LogP contribution in [0.1, 0.15) is 157 Å². The highest BCUT2D eigenvalue weighted by atomic mass is 31.2. The number of rotatable bonds is 2. The third-order valence-corrected chi connectivity index (χ3v) is 13.1. The van der Waals surface area contributed by atoms with Crippen molar-refractivity contribution in [1.29, 1.82) is 0 Å². The Morgan fingerprint density at radius 3 is 1.21 bits per heavy atom. The Balaban J connectivity index is 0. The molecule has 1 aliphatic rings. The van der Waals surface area contributed by atoms with Gasteiger partial charge in [0.25, 0.3) is 0 Å². The van der Waals surface area contributed by atoms with Gasteiger partial charge in [0.05, 0.1) is 10.8 Å². The van der Waals surface area contributed by atoms with Gasteiger partial charge in [-0.2, -0.15) is 0 Å². The summed E-state index contributed by atoms with van der Waals surface area (Å²) in [4.78, 5) is 19.3. The van der Waals surface area contributed by atoms with Crippen LogP contribution in [0.25, 0.3) is 0 Å². The first-order valence-electron chi connectivity index (χ1n) is 14.5. The molecule has 2 N–H and O–H groups in total. The molecule has 0 aromatic carbocycles. The zero-order valence-electron chi connectivity index (χ0n) is 28.7. The minimum Gasteiger partial charge on any atom is -0.344 e. The maximum atomic E-state index is 11.8. The van der Waals surface area contributed by atoms with Crippen LogP contribution >= 0.6 is 15.0 Å². The first-order valence-corrected chi connectivity index (χ1v) is 17.8. The van der Waals surface area contributed by atoms with E-state index in [9.17, 15) is 18.9 Å². The van der Waals surface area contributed by atoms with E-state index in [1.165, 1.54) is 32.1 Å². The molecule has 0 spiro atoms. The van der Waals surface area contributed by atoms with Gasteiger partial charge in [-0.15, -0.1) is 0 Å². The van der Waals surface area contributed by atoms with Crippen LogP contribution in [-0.2, 0) is 13.7 Å². The molecule has 7 heteroatoms. The molecule has 0 saturated heterocycles. The summed E-state index contributed by atoms with van der Waals surface area (Å²) in [5.41, 5.74) is 0.444. The van der Waals surface area contributed by atoms with Crippen molar-refractivity contribution in [2.45, 2.75) is 178 Å². The standard InChI is InChI=1S/C15H30.C8H19O3P.C8H19O2P/c1-14(2,3)11-12-9-7-8-10-13(12)15(4,5)6;1-7(2,3)11-12(9,10)8(4,5)6;1-7(2,3)11(9,10)8(4,5)6/h12-13H,7-11H2,1-6H3;1-6H3,(H,9,10);1-6H3,(H,9,10). The molecule has 1 rings (SSSR count). The van der Waals surface area contributed by atoms with Crippen LogP contribution in [0.15, 0.2) is 0 Å². The molecule has 0 radical (unpaired) electrons. The van der Waals surface area contributed by atoms with E-state index in [2.05, 4.69) is 41.5 Å². The average Bonchev–Trinajstić information content (AvgIpc) is 2.56. The summed E-state index contributed by atoms with van der Waals surface area (Å²) >= 11 is 0. The lowest BCUT2D eigenvalue weighted by atomic mass is 9.63. The lowest BCUT2D eigenvalue weighted by Crippen LogP contribution is -2.33. The topological polar surface area (TPSA) is 83.8 Å². The van der Waals surface area contributed by atoms with Crippen molar-refractivity contribution in [2.75, 3.05) is 0 Å². The van der Waals surface area contributed by atoms with E-state index in [0.717, 1.165) is 11.8 Å². The SMILES string of the molecule is CC(C)(C)CC1CCCCC1C(C)(C)C.CC(C)(C)OP(=O)(O)C(C)(C)C.CC(C)(C)P(=O)(O)C(C)(C)C. The van der Waals surface area contributed by atoms with Gasteiger partial charge in [0, 0.05) is 10.3 Å². The molecule has 5 nitrogen and oxygen atoms in total. The Labute approximate surface area is 238 Å². The van der Waals surface area contributed by atoms with E-state index in [1.54, 1.807) is 83.1 Å². The van der Waals surface area contributed by atoms with Crippen molar-refractivity contribution >= 4 is 15.0 Å². The zero-order chi connectivity index (χ0) is 31.4. The first kappa shape index (κ1) is 40.5.